The van der Waals surface area contributed by atoms with Gasteiger partial charge in [-0.15, -0.1) is 0 Å². The minimum Gasteiger partial charge on any atom is -0.494 e. The summed E-state index contributed by atoms with van der Waals surface area (Å²) in [6.07, 6.45) is 0. The first-order valence-corrected chi connectivity index (χ1v) is 7.97. The van der Waals surface area contributed by atoms with Crippen LogP contribution in [0.2, 0.25) is 0 Å². The molecule has 5 heteroatoms. The number of anilines is 1. The van der Waals surface area contributed by atoms with Crippen LogP contribution in [0.5, 0.6) is 5.75 Å². The van der Waals surface area contributed by atoms with E-state index in [1.165, 1.54) is 13.2 Å². The molecule has 0 saturated carbocycles. The second kappa shape index (κ2) is 7.53. The number of hydrogen-bond donors (Lipinski definition) is 2. The molecule has 2 N–H and O–H groups in total. The lowest BCUT2D eigenvalue weighted by atomic mass is 10.0. The smallest absolute Gasteiger partial charge is 0.339 e. The number of carbonyl (C=O) groups excluding carboxylic acids is 1. The van der Waals surface area contributed by atoms with E-state index in [1.807, 2.05) is 36.4 Å². The van der Waals surface area contributed by atoms with Gasteiger partial charge in [-0.2, -0.15) is 0 Å². The SMILES string of the molecule is COc1c(NC(=O)c2ccccc2)cc(-c2ccccc2)cc1C(=O)O. The number of benzene rings is 3. The summed E-state index contributed by atoms with van der Waals surface area (Å²) in [6.45, 7) is 0. The first kappa shape index (κ1) is 17.2. The molecule has 3 aromatic carbocycles. The number of hydrogen-bond acceptors (Lipinski definition) is 3. The molecule has 130 valence electrons. The number of aromatic carboxylic acids is 1. The predicted molar refractivity (Wildman–Crippen MR) is 99.8 cm³/mol. The fourth-order valence-corrected chi connectivity index (χ4v) is 2.68. The van der Waals surface area contributed by atoms with Crippen LogP contribution in [0.1, 0.15) is 20.7 Å². The largest absolute Gasteiger partial charge is 0.494 e. The fourth-order valence-electron chi connectivity index (χ4n) is 2.68. The van der Waals surface area contributed by atoms with Gasteiger partial charge in [0.05, 0.1) is 12.8 Å². The summed E-state index contributed by atoms with van der Waals surface area (Å²) in [5.41, 5.74) is 2.27. The maximum absolute atomic E-state index is 12.5. The highest BCUT2D eigenvalue weighted by atomic mass is 16.5. The van der Waals surface area contributed by atoms with Crippen molar-refractivity contribution in [1.82, 2.24) is 0 Å². The van der Waals surface area contributed by atoms with E-state index in [2.05, 4.69) is 5.32 Å². The van der Waals surface area contributed by atoms with Crippen molar-refractivity contribution in [3.63, 3.8) is 0 Å². The fraction of sp³-hybridized carbons (Fsp3) is 0.0476. The molecule has 26 heavy (non-hydrogen) atoms. The molecule has 0 aromatic heterocycles. The molecule has 0 aliphatic heterocycles. The van der Waals surface area contributed by atoms with Gasteiger partial charge in [-0.05, 0) is 35.4 Å². The van der Waals surface area contributed by atoms with Gasteiger partial charge in [-0.3, -0.25) is 4.79 Å². The third-order valence-electron chi connectivity index (χ3n) is 3.91. The molecule has 0 spiro atoms. The highest BCUT2D eigenvalue weighted by Crippen LogP contribution is 2.35. The van der Waals surface area contributed by atoms with Crippen molar-refractivity contribution >= 4 is 17.6 Å². The molecule has 0 aliphatic rings. The van der Waals surface area contributed by atoms with Gasteiger partial charge >= 0.3 is 5.97 Å². The molecule has 0 aliphatic carbocycles. The Morgan fingerprint density at radius 1 is 0.885 bits per heavy atom. The summed E-state index contributed by atoms with van der Waals surface area (Å²) in [6, 6.07) is 21.3. The van der Waals surface area contributed by atoms with Gasteiger partial charge in [0.15, 0.2) is 5.75 Å². The molecular formula is C21H17NO4. The Morgan fingerprint density at radius 2 is 1.50 bits per heavy atom. The van der Waals surface area contributed by atoms with Crippen molar-refractivity contribution in [3.05, 3.63) is 83.9 Å². The number of carbonyl (C=O) groups is 2. The molecule has 0 radical (unpaired) electrons. The average molecular weight is 347 g/mol. The number of amides is 1. The number of methoxy groups -OCH3 is 1. The normalized spacial score (nSPS) is 10.2. The van der Waals surface area contributed by atoms with Gasteiger partial charge < -0.3 is 15.2 Å². The van der Waals surface area contributed by atoms with Gasteiger partial charge in [0.1, 0.15) is 5.56 Å². The Labute approximate surface area is 150 Å². The zero-order chi connectivity index (χ0) is 18.5. The molecule has 0 saturated heterocycles. The minimum absolute atomic E-state index is 0.0165. The number of nitrogens with one attached hydrogen (secondary N) is 1. The van der Waals surface area contributed by atoms with Crippen LogP contribution >= 0.6 is 0 Å². The van der Waals surface area contributed by atoms with Gasteiger partial charge in [0.2, 0.25) is 0 Å². The van der Waals surface area contributed by atoms with Gasteiger partial charge in [0, 0.05) is 5.56 Å². The van der Waals surface area contributed by atoms with E-state index in [0.29, 0.717) is 16.8 Å². The number of ether oxygens (including phenoxy) is 1. The molecule has 0 heterocycles. The van der Waals surface area contributed by atoms with Crippen LogP contribution < -0.4 is 10.1 Å². The average Bonchev–Trinajstić information content (AvgIpc) is 2.68. The number of carboxylic acids is 1. The molecular weight excluding hydrogens is 330 g/mol. The van der Waals surface area contributed by atoms with E-state index < -0.39 is 5.97 Å². The third-order valence-corrected chi connectivity index (χ3v) is 3.91. The summed E-state index contributed by atoms with van der Waals surface area (Å²) in [7, 11) is 1.38. The highest BCUT2D eigenvalue weighted by Gasteiger charge is 2.19. The molecule has 1 amide bonds. The Kier molecular flexibility index (Phi) is 4.99. The lowest BCUT2D eigenvalue weighted by Gasteiger charge is -2.15. The lowest BCUT2D eigenvalue weighted by Crippen LogP contribution is -2.14. The Balaban J connectivity index is 2.09. The lowest BCUT2D eigenvalue weighted by molar-refractivity contribution is 0.0693. The molecule has 0 atom stereocenters. The van der Waals surface area contributed by atoms with Crippen LogP contribution in [-0.4, -0.2) is 24.1 Å². The van der Waals surface area contributed by atoms with Crippen molar-refractivity contribution < 1.29 is 19.4 Å². The number of carboxylic acid groups (broad SMARTS) is 1. The summed E-state index contributed by atoms with van der Waals surface area (Å²) in [5.74, 6) is -1.36. The Morgan fingerprint density at radius 3 is 2.08 bits per heavy atom. The van der Waals surface area contributed by atoms with E-state index in [1.54, 1.807) is 30.3 Å². The second-order valence-corrected chi connectivity index (χ2v) is 5.60. The Hall–Kier alpha value is -3.60. The van der Waals surface area contributed by atoms with E-state index >= 15 is 0 Å². The molecule has 5 nitrogen and oxygen atoms in total. The van der Waals surface area contributed by atoms with Crippen LogP contribution in [0.25, 0.3) is 11.1 Å². The Bertz CT molecular complexity index is 937. The zero-order valence-corrected chi connectivity index (χ0v) is 14.1. The van der Waals surface area contributed by atoms with E-state index in [9.17, 15) is 14.7 Å². The maximum Gasteiger partial charge on any atom is 0.339 e. The molecule has 0 bridgehead atoms. The second-order valence-electron chi connectivity index (χ2n) is 5.60. The van der Waals surface area contributed by atoms with Crippen LogP contribution in [0.15, 0.2) is 72.8 Å². The van der Waals surface area contributed by atoms with Gasteiger partial charge in [-0.1, -0.05) is 48.5 Å². The monoisotopic (exact) mass is 347 g/mol. The standard InChI is InChI=1S/C21H17NO4/c1-26-19-17(21(24)25)12-16(14-8-4-2-5-9-14)13-18(19)22-20(23)15-10-6-3-7-11-15/h2-13H,1H3,(H,22,23)(H,24,25). The van der Waals surface area contributed by atoms with Crippen LogP contribution in [-0.2, 0) is 0 Å². The first-order chi connectivity index (χ1) is 12.6. The molecule has 0 fully saturated rings. The van der Waals surface area contributed by atoms with Crippen molar-refractivity contribution in [3.8, 4) is 16.9 Å². The quantitative estimate of drug-likeness (QED) is 0.721. The molecule has 3 rings (SSSR count). The summed E-state index contributed by atoms with van der Waals surface area (Å²) in [4.78, 5) is 24.2. The number of rotatable bonds is 5. The van der Waals surface area contributed by atoms with E-state index in [-0.39, 0.29) is 17.2 Å². The predicted octanol–water partition coefficient (Wildman–Crippen LogP) is 4.31. The van der Waals surface area contributed by atoms with Crippen molar-refractivity contribution in [2.45, 2.75) is 0 Å². The maximum atomic E-state index is 12.5. The van der Waals surface area contributed by atoms with Crippen molar-refractivity contribution in [2.24, 2.45) is 0 Å². The third kappa shape index (κ3) is 3.57. The van der Waals surface area contributed by atoms with Gasteiger partial charge in [0.25, 0.3) is 5.91 Å². The molecule has 0 unspecified atom stereocenters. The van der Waals surface area contributed by atoms with Crippen molar-refractivity contribution in [2.75, 3.05) is 12.4 Å². The summed E-state index contributed by atoms with van der Waals surface area (Å²) >= 11 is 0. The topological polar surface area (TPSA) is 75.6 Å². The zero-order valence-electron chi connectivity index (χ0n) is 14.1. The van der Waals surface area contributed by atoms with Crippen molar-refractivity contribution in [1.29, 1.82) is 0 Å². The summed E-state index contributed by atoms with van der Waals surface area (Å²) in [5, 5.41) is 12.3. The molecule has 3 aromatic rings. The summed E-state index contributed by atoms with van der Waals surface area (Å²) < 4.78 is 5.27. The van der Waals surface area contributed by atoms with Crippen LogP contribution in [0.3, 0.4) is 0 Å². The first-order valence-electron chi connectivity index (χ1n) is 7.97. The van der Waals surface area contributed by atoms with Crippen LogP contribution in [0.4, 0.5) is 5.69 Å². The van der Waals surface area contributed by atoms with Gasteiger partial charge in [-0.25, -0.2) is 4.79 Å². The minimum atomic E-state index is -1.13. The highest BCUT2D eigenvalue weighted by molar-refractivity contribution is 6.07. The van der Waals surface area contributed by atoms with E-state index in [4.69, 9.17) is 4.74 Å². The van der Waals surface area contributed by atoms with Crippen LogP contribution in [0, 0.1) is 0 Å². The van der Waals surface area contributed by atoms with E-state index in [0.717, 1.165) is 5.56 Å².